The maximum Gasteiger partial charge on any atom is 0.432 e. The summed E-state index contributed by atoms with van der Waals surface area (Å²) in [6.07, 6.45) is 0.464. The lowest BCUT2D eigenvalue weighted by Crippen LogP contribution is -2.33. The summed E-state index contributed by atoms with van der Waals surface area (Å²) in [4.78, 5) is 32.5. The first kappa shape index (κ1) is 15.6. The molecule has 2 amide bonds. The number of carbonyl (C=O) groups is 2. The molecule has 2 N–H and O–H groups in total. The Kier molecular flexibility index (Phi) is 5.18. The van der Waals surface area contributed by atoms with Crippen LogP contribution in [0.25, 0.3) is 11.0 Å². The number of nitrogens with zero attached hydrogens (tertiary/aromatic N) is 2. The Morgan fingerprint density at radius 1 is 1.27 bits per heavy atom. The van der Waals surface area contributed by atoms with Crippen molar-refractivity contribution < 1.29 is 19.2 Å². The third-order valence-corrected chi connectivity index (χ3v) is 2.85. The van der Waals surface area contributed by atoms with E-state index in [1.54, 1.807) is 24.3 Å². The van der Waals surface area contributed by atoms with E-state index in [9.17, 15) is 9.59 Å². The van der Waals surface area contributed by atoms with Gasteiger partial charge in [-0.25, -0.2) is 9.59 Å². The minimum Gasteiger partial charge on any atom is -0.373 e. The van der Waals surface area contributed by atoms with Crippen LogP contribution in [0, 0.1) is 0 Å². The number of imidazole rings is 1. The van der Waals surface area contributed by atoms with Gasteiger partial charge in [-0.3, -0.25) is 0 Å². The molecular weight excluding hydrogens is 288 g/mol. The van der Waals surface area contributed by atoms with Crippen molar-refractivity contribution in [1.29, 1.82) is 0 Å². The number of carbonyl (C=O) groups excluding carboxylic acids is 2. The molecule has 2 rings (SSSR count). The van der Waals surface area contributed by atoms with Crippen molar-refractivity contribution in [1.82, 2.24) is 20.3 Å². The molecule has 0 atom stereocenters. The van der Waals surface area contributed by atoms with Gasteiger partial charge in [0, 0.05) is 13.6 Å². The van der Waals surface area contributed by atoms with Crippen LogP contribution < -0.4 is 20.2 Å². The second-order valence-corrected chi connectivity index (χ2v) is 4.48. The number of hydrogen-bond acceptors (Lipinski definition) is 5. The molecule has 0 unspecified atom stereocenters. The number of benzene rings is 1. The van der Waals surface area contributed by atoms with E-state index in [0.717, 1.165) is 17.6 Å². The highest BCUT2D eigenvalue weighted by molar-refractivity contribution is 5.79. The highest BCUT2D eigenvalue weighted by Gasteiger charge is 2.18. The standard InChI is InChI=1S/C14H18N4O4/c1-3-4-9-16-14(20)22-18-11-8-6-5-7-10(11)17-12(18)21-13(19)15-2/h5-8H,3-4,9H2,1-2H3,(H,15,19)(H,16,20). The van der Waals surface area contributed by atoms with E-state index in [1.807, 2.05) is 6.92 Å². The van der Waals surface area contributed by atoms with Gasteiger partial charge < -0.3 is 20.2 Å². The first-order valence-corrected chi connectivity index (χ1v) is 6.99. The predicted molar refractivity (Wildman–Crippen MR) is 79.7 cm³/mol. The number of para-hydroxylation sites is 2. The van der Waals surface area contributed by atoms with Crippen molar-refractivity contribution in [3.63, 3.8) is 0 Å². The van der Waals surface area contributed by atoms with Gasteiger partial charge in [0.2, 0.25) is 0 Å². The van der Waals surface area contributed by atoms with Crippen molar-refractivity contribution >= 4 is 23.2 Å². The van der Waals surface area contributed by atoms with Gasteiger partial charge in [-0.1, -0.05) is 25.5 Å². The van der Waals surface area contributed by atoms with Crippen LogP contribution >= 0.6 is 0 Å². The molecule has 2 aromatic rings. The fourth-order valence-electron chi connectivity index (χ4n) is 1.75. The van der Waals surface area contributed by atoms with Crippen LogP contribution in [0.5, 0.6) is 6.01 Å². The second-order valence-electron chi connectivity index (χ2n) is 4.48. The number of rotatable bonds is 5. The molecule has 0 saturated heterocycles. The van der Waals surface area contributed by atoms with E-state index in [0.29, 0.717) is 17.6 Å². The van der Waals surface area contributed by atoms with Gasteiger partial charge in [-0.2, -0.15) is 4.98 Å². The van der Waals surface area contributed by atoms with Gasteiger partial charge >= 0.3 is 18.2 Å². The highest BCUT2D eigenvalue weighted by Crippen LogP contribution is 2.19. The maximum atomic E-state index is 11.8. The average molecular weight is 306 g/mol. The summed E-state index contributed by atoms with van der Waals surface area (Å²) in [5.41, 5.74) is 1.06. The van der Waals surface area contributed by atoms with Gasteiger partial charge in [0.1, 0.15) is 5.52 Å². The number of ether oxygens (including phenoxy) is 1. The third-order valence-electron chi connectivity index (χ3n) is 2.85. The quantitative estimate of drug-likeness (QED) is 0.820. The molecule has 22 heavy (non-hydrogen) atoms. The van der Waals surface area contributed by atoms with E-state index in [1.165, 1.54) is 7.05 Å². The zero-order chi connectivity index (χ0) is 15.9. The maximum absolute atomic E-state index is 11.8. The summed E-state index contributed by atoms with van der Waals surface area (Å²) in [6.45, 7) is 2.53. The molecule has 0 aliphatic heterocycles. The van der Waals surface area contributed by atoms with Crippen molar-refractivity contribution in [3.8, 4) is 6.01 Å². The van der Waals surface area contributed by atoms with E-state index < -0.39 is 12.2 Å². The molecule has 0 aliphatic carbocycles. The molecule has 0 aliphatic rings. The normalized spacial score (nSPS) is 10.3. The van der Waals surface area contributed by atoms with E-state index in [-0.39, 0.29) is 6.01 Å². The molecule has 8 nitrogen and oxygen atoms in total. The van der Waals surface area contributed by atoms with Crippen LogP contribution in [0.15, 0.2) is 24.3 Å². The number of nitrogens with one attached hydrogen (secondary N) is 2. The summed E-state index contributed by atoms with van der Waals surface area (Å²) in [5, 5.41) is 4.92. The summed E-state index contributed by atoms with van der Waals surface area (Å²) < 4.78 is 6.09. The second kappa shape index (κ2) is 7.30. The minimum absolute atomic E-state index is 0.119. The Morgan fingerprint density at radius 2 is 2.05 bits per heavy atom. The highest BCUT2D eigenvalue weighted by atomic mass is 16.7. The topological polar surface area (TPSA) is 94.5 Å². The Bertz CT molecular complexity index is 668. The molecule has 0 bridgehead atoms. The number of hydrogen-bond donors (Lipinski definition) is 2. The molecule has 8 heteroatoms. The smallest absolute Gasteiger partial charge is 0.373 e. The van der Waals surface area contributed by atoms with Crippen molar-refractivity contribution in [2.24, 2.45) is 0 Å². The van der Waals surface area contributed by atoms with Gasteiger partial charge in [-0.15, -0.1) is 4.73 Å². The summed E-state index contributed by atoms with van der Waals surface area (Å²) >= 11 is 0. The van der Waals surface area contributed by atoms with Crippen LogP contribution in [-0.4, -0.2) is 35.5 Å². The van der Waals surface area contributed by atoms with E-state index in [2.05, 4.69) is 15.6 Å². The molecule has 118 valence electrons. The first-order chi connectivity index (χ1) is 10.7. The number of unbranched alkanes of at least 4 members (excludes halogenated alkanes) is 1. The molecule has 0 fully saturated rings. The monoisotopic (exact) mass is 306 g/mol. The summed E-state index contributed by atoms with van der Waals surface area (Å²) in [6, 6.07) is 6.86. The fourth-order valence-corrected chi connectivity index (χ4v) is 1.75. The summed E-state index contributed by atoms with van der Waals surface area (Å²) in [7, 11) is 1.42. The Hall–Kier alpha value is -2.77. The summed E-state index contributed by atoms with van der Waals surface area (Å²) in [5.74, 6) is 0. The number of amides is 2. The van der Waals surface area contributed by atoms with Gasteiger partial charge in [0.25, 0.3) is 0 Å². The third kappa shape index (κ3) is 3.66. The molecule has 0 radical (unpaired) electrons. The van der Waals surface area contributed by atoms with Crippen molar-refractivity contribution in [2.75, 3.05) is 13.6 Å². The van der Waals surface area contributed by atoms with Crippen LogP contribution in [0.3, 0.4) is 0 Å². The van der Waals surface area contributed by atoms with E-state index in [4.69, 9.17) is 9.57 Å². The Morgan fingerprint density at radius 3 is 2.77 bits per heavy atom. The zero-order valence-corrected chi connectivity index (χ0v) is 12.5. The lowest BCUT2D eigenvalue weighted by Gasteiger charge is -2.09. The zero-order valence-electron chi connectivity index (χ0n) is 12.5. The first-order valence-electron chi connectivity index (χ1n) is 6.99. The lowest BCUT2D eigenvalue weighted by atomic mass is 10.3. The lowest BCUT2D eigenvalue weighted by molar-refractivity contribution is 0.121. The van der Waals surface area contributed by atoms with Crippen molar-refractivity contribution in [3.05, 3.63) is 24.3 Å². The van der Waals surface area contributed by atoms with Gasteiger partial charge in [0.15, 0.2) is 0 Å². The molecule has 0 saturated carbocycles. The molecule has 1 aromatic heterocycles. The Labute approximate surface area is 127 Å². The van der Waals surface area contributed by atoms with Crippen LogP contribution in [0.4, 0.5) is 9.59 Å². The van der Waals surface area contributed by atoms with Crippen LogP contribution in [0.1, 0.15) is 19.8 Å². The number of aromatic nitrogens is 2. The molecular formula is C14H18N4O4. The van der Waals surface area contributed by atoms with Gasteiger partial charge in [0.05, 0.1) is 5.52 Å². The van der Waals surface area contributed by atoms with Crippen LogP contribution in [0.2, 0.25) is 0 Å². The average Bonchev–Trinajstić information content (AvgIpc) is 2.85. The molecule has 1 heterocycles. The van der Waals surface area contributed by atoms with Crippen LogP contribution in [-0.2, 0) is 0 Å². The number of fused-ring (bicyclic) bond motifs is 1. The fraction of sp³-hybridized carbons (Fsp3) is 0.357. The Balaban J connectivity index is 2.23. The van der Waals surface area contributed by atoms with E-state index >= 15 is 0 Å². The minimum atomic E-state index is -0.702. The van der Waals surface area contributed by atoms with Gasteiger partial charge in [-0.05, 0) is 18.6 Å². The predicted octanol–water partition coefficient (Wildman–Crippen LogP) is 1.69. The molecule has 1 aromatic carbocycles. The largest absolute Gasteiger partial charge is 0.432 e. The SMILES string of the molecule is CCCCNC(=O)On1c(OC(=O)NC)nc2ccccc21. The van der Waals surface area contributed by atoms with Crippen molar-refractivity contribution in [2.45, 2.75) is 19.8 Å². The molecule has 0 spiro atoms.